The summed E-state index contributed by atoms with van der Waals surface area (Å²) in [6, 6.07) is 5.18. The molecule has 23 heavy (non-hydrogen) atoms. The Labute approximate surface area is 138 Å². The number of aliphatic imine (C=N–C) groups is 1. The van der Waals surface area contributed by atoms with Crippen LogP contribution in [-0.2, 0) is 9.53 Å². The number of hydrogen-bond acceptors (Lipinski definition) is 7. The average Bonchev–Trinajstić information content (AvgIpc) is 3.01. The number of nitrogens with one attached hydrogen (secondary N) is 1. The summed E-state index contributed by atoms with van der Waals surface area (Å²) in [6.07, 6.45) is 1.94. The van der Waals surface area contributed by atoms with Crippen molar-refractivity contribution in [1.29, 1.82) is 0 Å². The Balaban J connectivity index is 2.02. The number of carbonyl (C=O) groups is 1. The molecule has 0 aliphatic carbocycles. The topological polar surface area (TPSA) is 69.2 Å². The smallest absolute Gasteiger partial charge is 0.338 e. The molecule has 1 N–H and O–H groups in total. The lowest BCUT2D eigenvalue weighted by atomic mass is 9.96. The van der Waals surface area contributed by atoms with Crippen LogP contribution in [0.1, 0.15) is 25.5 Å². The first-order valence-corrected chi connectivity index (χ1v) is 8.52. The van der Waals surface area contributed by atoms with Gasteiger partial charge >= 0.3 is 5.97 Å². The molecule has 0 fully saturated rings. The number of nitrogens with zero attached hydrogens (tertiary/aromatic N) is 1. The quantitative estimate of drug-likeness (QED) is 0.857. The van der Waals surface area contributed by atoms with E-state index in [2.05, 4.69) is 10.3 Å². The lowest BCUT2D eigenvalue weighted by Crippen LogP contribution is -2.30. The third kappa shape index (κ3) is 3.01. The summed E-state index contributed by atoms with van der Waals surface area (Å²) >= 11 is 1.50. The van der Waals surface area contributed by atoms with Crippen LogP contribution in [0.15, 0.2) is 34.5 Å². The molecule has 0 unspecified atom stereocenters. The monoisotopic (exact) mass is 334 g/mol. The summed E-state index contributed by atoms with van der Waals surface area (Å²) in [5.41, 5.74) is 2.14. The van der Waals surface area contributed by atoms with Crippen molar-refractivity contribution in [1.82, 2.24) is 5.32 Å². The molecule has 0 amide bonds. The number of rotatable bonds is 3. The van der Waals surface area contributed by atoms with Gasteiger partial charge < -0.3 is 19.5 Å². The van der Waals surface area contributed by atoms with Crippen molar-refractivity contribution in [2.24, 2.45) is 4.99 Å². The summed E-state index contributed by atoms with van der Waals surface area (Å²) in [5.74, 6) is 1.02. The van der Waals surface area contributed by atoms with Crippen LogP contribution in [0, 0.1) is 0 Å². The number of allylic oxidation sites excluding steroid dienone is 1. The maximum atomic E-state index is 12.4. The molecular weight excluding hydrogens is 316 g/mol. The van der Waals surface area contributed by atoms with Gasteiger partial charge in [0, 0.05) is 5.70 Å². The molecular formula is C16H18N2O4S. The molecule has 1 aromatic carbocycles. The first kappa shape index (κ1) is 15.7. The number of thioether (sulfide) groups is 1. The van der Waals surface area contributed by atoms with Crippen molar-refractivity contribution in [2.75, 3.05) is 19.7 Å². The van der Waals surface area contributed by atoms with Crippen LogP contribution >= 0.6 is 11.8 Å². The summed E-state index contributed by atoms with van der Waals surface area (Å²) < 4.78 is 16.0. The summed E-state index contributed by atoms with van der Waals surface area (Å²) in [7, 11) is 0. The standard InChI is InChI=1S/C16H18N2O4S/c1-4-20-15(19)13-9(2)17-16(23-3)18-14(13)10-5-6-11-12(7-10)22-8-21-11/h5-7,14H,4,8H2,1-3H3,(H,17,18)/t14-/m0/s1. The van der Waals surface area contributed by atoms with Crippen LogP contribution in [0.3, 0.4) is 0 Å². The Hall–Kier alpha value is -2.15. The van der Waals surface area contributed by atoms with Crippen molar-refractivity contribution in [3.63, 3.8) is 0 Å². The molecule has 3 rings (SSSR count). The number of fused-ring (bicyclic) bond motifs is 1. The number of benzene rings is 1. The Kier molecular flexibility index (Phi) is 4.47. The highest BCUT2D eigenvalue weighted by atomic mass is 32.2. The maximum absolute atomic E-state index is 12.4. The summed E-state index contributed by atoms with van der Waals surface area (Å²) in [6.45, 7) is 4.18. The normalized spacial score (nSPS) is 19.3. The van der Waals surface area contributed by atoms with E-state index < -0.39 is 6.04 Å². The Morgan fingerprint density at radius 1 is 1.43 bits per heavy atom. The number of amidine groups is 1. The molecule has 1 atom stereocenters. The van der Waals surface area contributed by atoms with Crippen LogP contribution in [0.5, 0.6) is 11.5 Å². The molecule has 0 bridgehead atoms. The van der Waals surface area contributed by atoms with Crippen LogP contribution in [0.4, 0.5) is 0 Å². The van der Waals surface area contributed by atoms with Gasteiger partial charge in [-0.2, -0.15) is 0 Å². The molecule has 0 saturated heterocycles. The maximum Gasteiger partial charge on any atom is 0.338 e. The van der Waals surface area contributed by atoms with Crippen molar-refractivity contribution < 1.29 is 19.0 Å². The minimum atomic E-state index is -0.424. The summed E-state index contributed by atoms with van der Waals surface area (Å²) in [5, 5.41) is 3.91. The van der Waals surface area contributed by atoms with Crippen LogP contribution < -0.4 is 14.8 Å². The number of carbonyl (C=O) groups excluding carboxylic acids is 1. The highest BCUT2D eigenvalue weighted by Gasteiger charge is 2.31. The Bertz CT molecular complexity index is 699. The molecule has 122 valence electrons. The largest absolute Gasteiger partial charge is 0.463 e. The van der Waals surface area contributed by atoms with Gasteiger partial charge in [-0.1, -0.05) is 17.8 Å². The van der Waals surface area contributed by atoms with Gasteiger partial charge in [-0.05, 0) is 37.8 Å². The van der Waals surface area contributed by atoms with Crippen LogP contribution in [-0.4, -0.2) is 30.8 Å². The molecule has 7 heteroatoms. The fourth-order valence-electron chi connectivity index (χ4n) is 2.55. The second-order valence-electron chi connectivity index (χ2n) is 5.04. The van der Waals surface area contributed by atoms with Crippen LogP contribution in [0.25, 0.3) is 0 Å². The molecule has 2 aliphatic rings. The van der Waals surface area contributed by atoms with E-state index in [4.69, 9.17) is 14.2 Å². The predicted octanol–water partition coefficient (Wildman–Crippen LogP) is 2.62. The first-order chi connectivity index (χ1) is 11.1. The predicted molar refractivity (Wildman–Crippen MR) is 88.7 cm³/mol. The van der Waals surface area contributed by atoms with E-state index in [9.17, 15) is 4.79 Å². The number of hydrogen-bond donors (Lipinski definition) is 1. The molecule has 0 spiro atoms. The molecule has 0 aromatic heterocycles. The second-order valence-corrected chi connectivity index (χ2v) is 5.83. The highest BCUT2D eigenvalue weighted by molar-refractivity contribution is 8.13. The Morgan fingerprint density at radius 2 is 2.22 bits per heavy atom. The molecule has 1 aromatic rings. The second kappa shape index (κ2) is 6.54. The fraction of sp³-hybridized carbons (Fsp3) is 0.375. The average molecular weight is 334 g/mol. The number of ether oxygens (including phenoxy) is 3. The lowest BCUT2D eigenvalue weighted by Gasteiger charge is -2.25. The lowest BCUT2D eigenvalue weighted by molar-refractivity contribution is -0.138. The molecule has 2 heterocycles. The van der Waals surface area contributed by atoms with Gasteiger partial charge in [0.15, 0.2) is 16.7 Å². The minimum absolute atomic E-state index is 0.212. The zero-order valence-electron chi connectivity index (χ0n) is 13.2. The van der Waals surface area contributed by atoms with Crippen molar-refractivity contribution >= 4 is 22.9 Å². The zero-order valence-corrected chi connectivity index (χ0v) is 14.0. The fourth-order valence-corrected chi connectivity index (χ4v) is 3.01. The van der Waals surface area contributed by atoms with E-state index in [1.54, 1.807) is 6.92 Å². The third-order valence-electron chi connectivity index (χ3n) is 3.62. The molecule has 0 saturated carbocycles. The first-order valence-electron chi connectivity index (χ1n) is 7.30. The van der Waals surface area contributed by atoms with Crippen molar-refractivity contribution in [3.8, 4) is 11.5 Å². The SMILES string of the molecule is CCOC(=O)C1=C(C)NC(SC)=N[C@H]1c1ccc2c(c1)OCO2. The molecule has 6 nitrogen and oxygen atoms in total. The third-order valence-corrected chi connectivity index (χ3v) is 4.21. The van der Waals surface area contributed by atoms with E-state index >= 15 is 0 Å². The van der Waals surface area contributed by atoms with Crippen molar-refractivity contribution in [2.45, 2.75) is 19.9 Å². The van der Waals surface area contributed by atoms with E-state index in [0.717, 1.165) is 16.4 Å². The van der Waals surface area contributed by atoms with Gasteiger partial charge in [-0.25, -0.2) is 9.79 Å². The van der Waals surface area contributed by atoms with Gasteiger partial charge in [0.25, 0.3) is 0 Å². The summed E-state index contributed by atoms with van der Waals surface area (Å²) in [4.78, 5) is 17.0. The van der Waals surface area contributed by atoms with Gasteiger partial charge in [0.05, 0.1) is 12.2 Å². The van der Waals surface area contributed by atoms with E-state index in [-0.39, 0.29) is 12.8 Å². The van der Waals surface area contributed by atoms with Gasteiger partial charge in [-0.3, -0.25) is 0 Å². The zero-order chi connectivity index (χ0) is 16.4. The minimum Gasteiger partial charge on any atom is -0.463 e. The Morgan fingerprint density at radius 3 is 2.96 bits per heavy atom. The van der Waals surface area contributed by atoms with E-state index in [0.29, 0.717) is 23.7 Å². The van der Waals surface area contributed by atoms with Gasteiger partial charge in [0.2, 0.25) is 6.79 Å². The van der Waals surface area contributed by atoms with Gasteiger partial charge in [0.1, 0.15) is 6.04 Å². The van der Waals surface area contributed by atoms with Crippen LogP contribution in [0.2, 0.25) is 0 Å². The van der Waals surface area contributed by atoms with Crippen molar-refractivity contribution in [3.05, 3.63) is 35.0 Å². The molecule has 0 radical (unpaired) electrons. The number of esters is 1. The van der Waals surface area contributed by atoms with Gasteiger partial charge in [-0.15, -0.1) is 0 Å². The molecule has 2 aliphatic heterocycles. The highest BCUT2D eigenvalue weighted by Crippen LogP contribution is 2.39. The van der Waals surface area contributed by atoms with E-state index in [1.807, 2.05) is 31.4 Å². The van der Waals surface area contributed by atoms with E-state index in [1.165, 1.54) is 11.8 Å².